The van der Waals surface area contributed by atoms with Crippen molar-refractivity contribution in [2.75, 3.05) is 0 Å². The van der Waals surface area contributed by atoms with Crippen LogP contribution in [-0.4, -0.2) is 0 Å². The van der Waals surface area contributed by atoms with E-state index in [0.717, 1.165) is 19.3 Å². The molecule has 4 aromatic carbocycles. The van der Waals surface area contributed by atoms with Crippen molar-refractivity contribution in [2.24, 2.45) is 11.8 Å². The van der Waals surface area contributed by atoms with Gasteiger partial charge in [-0.15, -0.1) is 0 Å². The van der Waals surface area contributed by atoms with Gasteiger partial charge in [0, 0.05) is 11.8 Å². The zero-order valence-electron chi connectivity index (χ0n) is 21.2. The van der Waals surface area contributed by atoms with E-state index in [4.69, 9.17) is 0 Å². The molecular formula is C38H26. The van der Waals surface area contributed by atoms with Crippen LogP contribution in [-0.2, 0) is 6.42 Å². The third kappa shape index (κ3) is 2.34. The van der Waals surface area contributed by atoms with Gasteiger partial charge in [-0.1, -0.05) is 66.8 Å². The summed E-state index contributed by atoms with van der Waals surface area (Å²) in [5.41, 5.74) is 17.6. The summed E-state index contributed by atoms with van der Waals surface area (Å²) in [5, 5.41) is 5.59. The fourth-order valence-corrected chi connectivity index (χ4v) is 8.41. The van der Waals surface area contributed by atoms with Gasteiger partial charge in [0.15, 0.2) is 0 Å². The zero-order valence-corrected chi connectivity index (χ0v) is 21.2. The first-order chi connectivity index (χ1) is 18.8. The highest BCUT2D eigenvalue weighted by Crippen LogP contribution is 2.58. The van der Waals surface area contributed by atoms with Gasteiger partial charge in [0.2, 0.25) is 0 Å². The van der Waals surface area contributed by atoms with Crippen LogP contribution in [0.4, 0.5) is 0 Å². The number of hydrogen-bond acceptors (Lipinski definition) is 0. The number of fused-ring (bicyclic) bond motifs is 10. The summed E-state index contributed by atoms with van der Waals surface area (Å²) in [6, 6.07) is 19.4. The van der Waals surface area contributed by atoms with E-state index in [9.17, 15) is 0 Å². The van der Waals surface area contributed by atoms with Crippen molar-refractivity contribution in [3.05, 3.63) is 124 Å². The molecule has 0 aliphatic heterocycles. The molecule has 6 aliphatic carbocycles. The smallest absolute Gasteiger partial charge is 0.0205 e. The van der Waals surface area contributed by atoms with Crippen LogP contribution in [0.25, 0.3) is 61.0 Å². The molecule has 178 valence electrons. The maximum atomic E-state index is 2.55. The summed E-state index contributed by atoms with van der Waals surface area (Å²) in [6.07, 6.45) is 23.8. The molecule has 2 atom stereocenters. The Bertz CT molecular complexity index is 2010. The van der Waals surface area contributed by atoms with E-state index in [1.807, 2.05) is 0 Å². The average Bonchev–Trinajstić information content (AvgIpc) is 3.44. The molecule has 0 heteroatoms. The largest absolute Gasteiger partial charge is 0.0839 e. The first kappa shape index (κ1) is 19.9. The number of hydrogen-bond donors (Lipinski definition) is 0. The molecule has 6 aliphatic rings. The van der Waals surface area contributed by atoms with Crippen LogP contribution in [0.2, 0.25) is 0 Å². The fraction of sp³-hybridized carbons (Fsp3) is 0.158. The van der Waals surface area contributed by atoms with Gasteiger partial charge in [-0.2, -0.15) is 0 Å². The lowest BCUT2D eigenvalue weighted by Gasteiger charge is -2.33. The highest BCUT2D eigenvalue weighted by Gasteiger charge is 2.41. The van der Waals surface area contributed by atoms with E-state index in [-0.39, 0.29) is 0 Å². The summed E-state index contributed by atoms with van der Waals surface area (Å²) >= 11 is 0. The molecule has 38 heavy (non-hydrogen) atoms. The first-order valence-electron chi connectivity index (χ1n) is 14.2. The van der Waals surface area contributed by atoms with Crippen molar-refractivity contribution in [3.8, 4) is 22.3 Å². The number of rotatable bonds is 0. The minimum Gasteiger partial charge on any atom is -0.0839 e. The van der Waals surface area contributed by atoms with E-state index in [0.29, 0.717) is 11.8 Å². The molecular weight excluding hydrogens is 456 g/mol. The van der Waals surface area contributed by atoms with Crippen LogP contribution in [0, 0.1) is 11.8 Å². The summed E-state index contributed by atoms with van der Waals surface area (Å²) < 4.78 is 0. The van der Waals surface area contributed by atoms with Gasteiger partial charge in [0.1, 0.15) is 0 Å². The van der Waals surface area contributed by atoms with Crippen LogP contribution >= 0.6 is 0 Å². The summed E-state index contributed by atoms with van der Waals surface area (Å²) in [5.74, 6) is 0.945. The van der Waals surface area contributed by atoms with Gasteiger partial charge >= 0.3 is 0 Å². The lowest BCUT2D eigenvalue weighted by atomic mass is 9.70. The molecule has 0 nitrogen and oxygen atoms in total. The molecule has 0 N–H and O–H groups in total. The van der Waals surface area contributed by atoms with Gasteiger partial charge in [-0.05, 0) is 144 Å². The quantitative estimate of drug-likeness (QED) is 0.206. The predicted octanol–water partition coefficient (Wildman–Crippen LogP) is 9.84. The SMILES string of the molecule is C1=CC2C3=C(C=C4c5cc6cc7c(cc6cc5C(=C1)C42)-c1cccc2c4c(cc-7c12)CCC=C4)CCC=C3. The third-order valence-electron chi connectivity index (χ3n) is 10.0. The molecule has 0 bridgehead atoms. The normalized spacial score (nSPS) is 22.7. The minimum absolute atomic E-state index is 0.467. The van der Waals surface area contributed by atoms with Gasteiger partial charge in [0.05, 0.1) is 0 Å². The Labute approximate surface area is 222 Å². The molecule has 0 spiro atoms. The number of aryl methyl sites for hydroxylation is 1. The molecule has 0 amide bonds. The lowest BCUT2D eigenvalue weighted by Crippen LogP contribution is -2.21. The maximum absolute atomic E-state index is 2.55. The Morgan fingerprint density at radius 1 is 0.684 bits per heavy atom. The average molecular weight is 483 g/mol. The standard InChI is InChI=1S/C38H26/c1-3-9-25-21(7-1)15-35-33-19-24-20-34-32(18-23(24)17-31(33)29-13-5-11-27(25)37(29)35)30-14-6-12-28-26-10-4-2-8-22(26)16-36(34)38(28)30/h3-6,9-20,27,37H,1-2,7-8H2. The highest BCUT2D eigenvalue weighted by molar-refractivity contribution is 6.19. The highest BCUT2D eigenvalue weighted by atomic mass is 14.4. The Kier molecular flexibility index (Phi) is 3.57. The van der Waals surface area contributed by atoms with E-state index in [2.05, 4.69) is 97.1 Å². The molecule has 10 rings (SSSR count). The van der Waals surface area contributed by atoms with E-state index < -0.39 is 0 Å². The van der Waals surface area contributed by atoms with Crippen molar-refractivity contribution >= 4 is 38.8 Å². The van der Waals surface area contributed by atoms with Crippen LogP contribution < -0.4 is 0 Å². The van der Waals surface area contributed by atoms with Crippen LogP contribution in [0.1, 0.15) is 41.5 Å². The van der Waals surface area contributed by atoms with Crippen LogP contribution in [0.5, 0.6) is 0 Å². The molecule has 2 unspecified atom stereocenters. The third-order valence-corrected chi connectivity index (χ3v) is 10.0. The number of benzene rings is 4. The Morgan fingerprint density at radius 3 is 2.39 bits per heavy atom. The monoisotopic (exact) mass is 482 g/mol. The summed E-state index contributed by atoms with van der Waals surface area (Å²) in [4.78, 5) is 0. The molecule has 0 heterocycles. The van der Waals surface area contributed by atoms with Crippen molar-refractivity contribution in [1.82, 2.24) is 0 Å². The fourth-order valence-electron chi connectivity index (χ4n) is 8.41. The molecule has 0 radical (unpaired) electrons. The second-order valence-electron chi connectivity index (χ2n) is 11.8. The molecule has 0 saturated carbocycles. The Balaban J connectivity index is 1.24. The van der Waals surface area contributed by atoms with Crippen LogP contribution in [0.3, 0.4) is 0 Å². The number of allylic oxidation sites excluding steroid dienone is 11. The maximum Gasteiger partial charge on any atom is 0.0205 e. The van der Waals surface area contributed by atoms with E-state index in [1.165, 1.54) is 78.0 Å². The van der Waals surface area contributed by atoms with Crippen LogP contribution in [0.15, 0.2) is 102 Å². The minimum atomic E-state index is 0.467. The van der Waals surface area contributed by atoms with Gasteiger partial charge in [-0.25, -0.2) is 0 Å². The second-order valence-corrected chi connectivity index (χ2v) is 11.8. The zero-order chi connectivity index (χ0) is 24.5. The molecule has 0 aromatic heterocycles. The van der Waals surface area contributed by atoms with Crippen molar-refractivity contribution in [3.63, 3.8) is 0 Å². The lowest BCUT2D eigenvalue weighted by molar-refractivity contribution is 0.660. The first-order valence-corrected chi connectivity index (χ1v) is 14.2. The second kappa shape index (κ2) is 6.83. The Morgan fingerprint density at radius 2 is 1.47 bits per heavy atom. The van der Waals surface area contributed by atoms with Gasteiger partial charge < -0.3 is 0 Å². The molecule has 0 fully saturated rings. The van der Waals surface area contributed by atoms with Gasteiger partial charge in [-0.3, -0.25) is 0 Å². The predicted molar refractivity (Wildman–Crippen MR) is 161 cm³/mol. The summed E-state index contributed by atoms with van der Waals surface area (Å²) in [7, 11) is 0. The molecule has 0 saturated heterocycles. The Hall–Kier alpha value is -4.16. The molecule has 4 aromatic rings. The van der Waals surface area contributed by atoms with Gasteiger partial charge in [0.25, 0.3) is 0 Å². The van der Waals surface area contributed by atoms with Crippen molar-refractivity contribution in [1.29, 1.82) is 0 Å². The topological polar surface area (TPSA) is 0 Å². The van der Waals surface area contributed by atoms with E-state index in [1.54, 1.807) is 16.7 Å². The van der Waals surface area contributed by atoms with E-state index >= 15 is 0 Å². The summed E-state index contributed by atoms with van der Waals surface area (Å²) in [6.45, 7) is 0. The van der Waals surface area contributed by atoms with Crippen molar-refractivity contribution in [2.45, 2.75) is 25.7 Å². The van der Waals surface area contributed by atoms with Crippen molar-refractivity contribution < 1.29 is 0 Å².